The van der Waals surface area contributed by atoms with E-state index in [0.717, 1.165) is 26.2 Å². The fourth-order valence-corrected chi connectivity index (χ4v) is 1.77. The maximum Gasteiger partial charge on any atom is 0.239 e. The molecule has 82 valence electrons. The van der Waals surface area contributed by atoms with Crippen molar-refractivity contribution in [2.24, 2.45) is 0 Å². The first-order valence-electron chi connectivity index (χ1n) is 5.27. The fourth-order valence-electron chi connectivity index (χ4n) is 1.77. The standard InChI is InChI=1S/C10H16N4O/c1-9-10(15)13(6-4-11-9)7-8-14-5-2-3-12-14/h2-3,5,9,11H,4,6-8H2,1H3. The lowest BCUT2D eigenvalue weighted by molar-refractivity contribution is -0.135. The molecule has 1 unspecified atom stereocenters. The van der Waals surface area contributed by atoms with Crippen LogP contribution in [-0.2, 0) is 11.3 Å². The van der Waals surface area contributed by atoms with Crippen LogP contribution in [0, 0.1) is 0 Å². The Morgan fingerprint density at radius 2 is 2.47 bits per heavy atom. The summed E-state index contributed by atoms with van der Waals surface area (Å²) in [5, 5.41) is 7.25. The number of hydrogen-bond acceptors (Lipinski definition) is 3. The molecule has 2 heterocycles. The SMILES string of the molecule is CC1NCCN(CCn2cccn2)C1=O. The van der Waals surface area contributed by atoms with Crippen molar-refractivity contribution < 1.29 is 4.79 Å². The van der Waals surface area contributed by atoms with Gasteiger partial charge in [0.15, 0.2) is 0 Å². The Morgan fingerprint density at radius 1 is 1.60 bits per heavy atom. The van der Waals surface area contributed by atoms with Gasteiger partial charge in [0.1, 0.15) is 0 Å². The minimum absolute atomic E-state index is 0.0450. The Hall–Kier alpha value is -1.36. The van der Waals surface area contributed by atoms with Crippen LogP contribution in [-0.4, -0.2) is 46.3 Å². The van der Waals surface area contributed by atoms with Crippen LogP contribution in [0.15, 0.2) is 18.5 Å². The molecular formula is C10H16N4O. The van der Waals surface area contributed by atoms with Crippen LogP contribution in [0.1, 0.15) is 6.92 Å². The van der Waals surface area contributed by atoms with E-state index in [2.05, 4.69) is 10.4 Å². The van der Waals surface area contributed by atoms with Crippen molar-refractivity contribution >= 4 is 5.91 Å². The van der Waals surface area contributed by atoms with E-state index < -0.39 is 0 Å². The Balaban J connectivity index is 1.86. The monoisotopic (exact) mass is 208 g/mol. The van der Waals surface area contributed by atoms with Crippen LogP contribution in [0.5, 0.6) is 0 Å². The fraction of sp³-hybridized carbons (Fsp3) is 0.600. The summed E-state index contributed by atoms with van der Waals surface area (Å²) in [4.78, 5) is 13.6. The van der Waals surface area contributed by atoms with E-state index in [9.17, 15) is 4.79 Å². The highest BCUT2D eigenvalue weighted by Crippen LogP contribution is 2.01. The molecule has 1 fully saturated rings. The highest BCUT2D eigenvalue weighted by atomic mass is 16.2. The number of amides is 1. The lowest BCUT2D eigenvalue weighted by Gasteiger charge is -2.31. The Morgan fingerprint density at radius 3 is 3.20 bits per heavy atom. The molecule has 5 nitrogen and oxygen atoms in total. The number of rotatable bonds is 3. The van der Waals surface area contributed by atoms with Crippen molar-refractivity contribution in [3.8, 4) is 0 Å². The molecule has 1 aromatic heterocycles. The van der Waals surface area contributed by atoms with Crippen molar-refractivity contribution in [1.29, 1.82) is 0 Å². The molecule has 0 aromatic carbocycles. The highest BCUT2D eigenvalue weighted by Gasteiger charge is 2.23. The van der Waals surface area contributed by atoms with Gasteiger partial charge in [-0.15, -0.1) is 0 Å². The Bertz CT molecular complexity index is 322. The number of carbonyl (C=O) groups excluding carboxylic acids is 1. The second-order valence-electron chi connectivity index (χ2n) is 3.77. The molecule has 5 heteroatoms. The topological polar surface area (TPSA) is 50.2 Å². The molecule has 1 aromatic rings. The van der Waals surface area contributed by atoms with Crippen LogP contribution in [0.25, 0.3) is 0 Å². The van der Waals surface area contributed by atoms with Gasteiger partial charge in [0.25, 0.3) is 0 Å². The Labute approximate surface area is 89.1 Å². The van der Waals surface area contributed by atoms with Crippen LogP contribution >= 0.6 is 0 Å². The molecule has 1 saturated heterocycles. The number of nitrogens with zero attached hydrogens (tertiary/aromatic N) is 3. The summed E-state index contributed by atoms with van der Waals surface area (Å²) in [5.41, 5.74) is 0. The van der Waals surface area contributed by atoms with Crippen LogP contribution < -0.4 is 5.32 Å². The lowest BCUT2D eigenvalue weighted by atomic mass is 10.2. The summed E-state index contributed by atoms with van der Waals surface area (Å²) in [7, 11) is 0. The minimum atomic E-state index is -0.0450. The van der Waals surface area contributed by atoms with E-state index >= 15 is 0 Å². The minimum Gasteiger partial charge on any atom is -0.338 e. The van der Waals surface area contributed by atoms with E-state index in [0.29, 0.717) is 0 Å². The molecule has 1 amide bonds. The van der Waals surface area contributed by atoms with E-state index in [4.69, 9.17) is 0 Å². The Kier molecular flexibility index (Phi) is 3.01. The summed E-state index contributed by atoms with van der Waals surface area (Å²) in [6.45, 7) is 5.09. The lowest BCUT2D eigenvalue weighted by Crippen LogP contribution is -2.54. The van der Waals surface area contributed by atoms with Gasteiger partial charge in [-0.1, -0.05) is 0 Å². The largest absolute Gasteiger partial charge is 0.338 e. The van der Waals surface area contributed by atoms with E-state index in [1.165, 1.54) is 0 Å². The smallest absolute Gasteiger partial charge is 0.239 e. The third-order valence-corrected chi connectivity index (χ3v) is 2.67. The van der Waals surface area contributed by atoms with Gasteiger partial charge in [-0.05, 0) is 13.0 Å². The molecule has 0 spiro atoms. The van der Waals surface area contributed by atoms with Crippen LogP contribution in [0.2, 0.25) is 0 Å². The zero-order chi connectivity index (χ0) is 10.7. The summed E-state index contributed by atoms with van der Waals surface area (Å²) >= 11 is 0. The molecule has 0 saturated carbocycles. The number of hydrogen-bond donors (Lipinski definition) is 1. The molecule has 1 aliphatic heterocycles. The third kappa shape index (κ3) is 2.36. The van der Waals surface area contributed by atoms with Crippen molar-refractivity contribution in [1.82, 2.24) is 20.0 Å². The molecule has 1 N–H and O–H groups in total. The highest BCUT2D eigenvalue weighted by molar-refractivity contribution is 5.82. The van der Waals surface area contributed by atoms with Gasteiger partial charge in [-0.3, -0.25) is 9.48 Å². The first-order valence-corrected chi connectivity index (χ1v) is 5.27. The van der Waals surface area contributed by atoms with Gasteiger partial charge in [-0.25, -0.2) is 0 Å². The van der Waals surface area contributed by atoms with E-state index in [1.54, 1.807) is 6.20 Å². The second-order valence-corrected chi connectivity index (χ2v) is 3.77. The molecule has 2 rings (SSSR count). The zero-order valence-electron chi connectivity index (χ0n) is 8.89. The maximum atomic E-state index is 11.7. The first kappa shape index (κ1) is 10.2. The quantitative estimate of drug-likeness (QED) is 0.742. The van der Waals surface area contributed by atoms with Gasteiger partial charge in [0, 0.05) is 32.0 Å². The molecule has 0 bridgehead atoms. The number of aromatic nitrogens is 2. The van der Waals surface area contributed by atoms with Crippen LogP contribution in [0.3, 0.4) is 0 Å². The van der Waals surface area contributed by atoms with Gasteiger partial charge in [-0.2, -0.15) is 5.10 Å². The molecule has 1 aliphatic rings. The number of nitrogens with one attached hydrogen (secondary N) is 1. The van der Waals surface area contributed by atoms with Gasteiger partial charge >= 0.3 is 0 Å². The molecule has 0 aliphatic carbocycles. The van der Waals surface area contributed by atoms with Crippen molar-refractivity contribution in [3.63, 3.8) is 0 Å². The number of piperazine rings is 1. The van der Waals surface area contributed by atoms with Crippen molar-refractivity contribution in [3.05, 3.63) is 18.5 Å². The van der Waals surface area contributed by atoms with Crippen molar-refractivity contribution in [2.75, 3.05) is 19.6 Å². The number of carbonyl (C=O) groups is 1. The molecule has 15 heavy (non-hydrogen) atoms. The van der Waals surface area contributed by atoms with Crippen LogP contribution in [0.4, 0.5) is 0 Å². The first-order chi connectivity index (χ1) is 7.27. The predicted molar refractivity (Wildman–Crippen MR) is 56.3 cm³/mol. The van der Waals surface area contributed by atoms with Gasteiger partial charge in [0.2, 0.25) is 5.91 Å². The van der Waals surface area contributed by atoms with E-state index in [1.807, 2.05) is 28.8 Å². The molecular weight excluding hydrogens is 192 g/mol. The third-order valence-electron chi connectivity index (χ3n) is 2.67. The molecule has 0 radical (unpaired) electrons. The average molecular weight is 208 g/mol. The van der Waals surface area contributed by atoms with Crippen molar-refractivity contribution in [2.45, 2.75) is 19.5 Å². The summed E-state index contributed by atoms with van der Waals surface area (Å²) in [6, 6.07) is 1.85. The predicted octanol–water partition coefficient (Wildman–Crippen LogP) is -0.297. The second kappa shape index (κ2) is 4.44. The summed E-state index contributed by atoms with van der Waals surface area (Å²) < 4.78 is 1.85. The molecule has 1 atom stereocenters. The van der Waals surface area contributed by atoms with E-state index in [-0.39, 0.29) is 11.9 Å². The summed E-state index contributed by atoms with van der Waals surface area (Å²) in [5.74, 6) is 0.188. The normalized spacial score (nSPS) is 22.1. The summed E-state index contributed by atoms with van der Waals surface area (Å²) in [6.07, 6.45) is 3.66. The van der Waals surface area contributed by atoms with Gasteiger partial charge in [0.05, 0.1) is 12.6 Å². The zero-order valence-corrected chi connectivity index (χ0v) is 8.89. The maximum absolute atomic E-state index is 11.7. The average Bonchev–Trinajstić information content (AvgIpc) is 2.73. The van der Waals surface area contributed by atoms with Gasteiger partial charge < -0.3 is 10.2 Å².